The maximum atomic E-state index is 12.4. The van der Waals surface area contributed by atoms with Crippen molar-refractivity contribution >= 4 is 5.69 Å². The molecule has 0 aliphatic carbocycles. The largest absolute Gasteiger partial charge is 0.235 e. The molecule has 1 aromatic rings. The van der Waals surface area contributed by atoms with Gasteiger partial charge >= 0.3 is 0 Å². The number of nitrogens with zero attached hydrogens (tertiary/aromatic N) is 1. The fourth-order valence-electron chi connectivity index (χ4n) is 0.572. The quantitative estimate of drug-likeness (QED) is 0.486. The van der Waals surface area contributed by atoms with Crippen molar-refractivity contribution in [3.8, 4) is 0 Å². The molecule has 0 aliphatic heterocycles. The van der Waals surface area contributed by atoms with Gasteiger partial charge in [-0.25, -0.2) is 13.6 Å². The molecule has 3 heteroatoms. The summed E-state index contributed by atoms with van der Waals surface area (Å²) in [5.74, 6) is -1.47. The maximum Gasteiger partial charge on any atom is 0.222 e. The molecule has 0 amide bonds. The first-order chi connectivity index (χ1) is 4.74. The normalized spacial score (nSPS) is 8.90. The Kier molecular flexibility index (Phi) is 1.63. The number of halogens is 2. The summed E-state index contributed by atoms with van der Waals surface area (Å²) in [4.78, 5) is 2.82. The van der Waals surface area contributed by atoms with E-state index in [9.17, 15) is 8.78 Å². The Labute approximate surface area is 56.7 Å². The van der Waals surface area contributed by atoms with Crippen LogP contribution in [0.25, 0.3) is 4.85 Å². The maximum absolute atomic E-state index is 12.4. The highest BCUT2D eigenvalue weighted by atomic mass is 19.1. The molecule has 0 bridgehead atoms. The second kappa shape index (κ2) is 2.44. The van der Waals surface area contributed by atoms with Gasteiger partial charge in [0.2, 0.25) is 5.69 Å². The molecular formula is C7H3F2N. The lowest BCUT2D eigenvalue weighted by Gasteiger charge is -1.90. The van der Waals surface area contributed by atoms with Crippen molar-refractivity contribution in [3.05, 3.63) is 41.3 Å². The van der Waals surface area contributed by atoms with Gasteiger partial charge in [-0.1, -0.05) is 6.07 Å². The Hall–Kier alpha value is -1.43. The van der Waals surface area contributed by atoms with Gasteiger partial charge in [-0.05, 0) is 12.1 Å². The lowest BCUT2D eigenvalue weighted by atomic mass is 10.3. The van der Waals surface area contributed by atoms with E-state index in [-0.39, 0.29) is 5.69 Å². The summed E-state index contributed by atoms with van der Waals surface area (Å²) in [6.07, 6.45) is 0. The summed E-state index contributed by atoms with van der Waals surface area (Å²) >= 11 is 0. The molecule has 0 N–H and O–H groups in total. The second-order valence-corrected chi connectivity index (χ2v) is 1.71. The zero-order valence-electron chi connectivity index (χ0n) is 4.94. The molecule has 1 nitrogen and oxygen atoms in total. The van der Waals surface area contributed by atoms with Crippen LogP contribution in [0.5, 0.6) is 0 Å². The minimum atomic E-state index is -0.810. The topological polar surface area (TPSA) is 4.36 Å². The van der Waals surface area contributed by atoms with Crippen LogP contribution in [0.15, 0.2) is 18.2 Å². The highest BCUT2D eigenvalue weighted by molar-refractivity contribution is 5.45. The summed E-state index contributed by atoms with van der Waals surface area (Å²) in [5.41, 5.74) is -0.151. The Bertz CT molecular complexity index is 288. The van der Waals surface area contributed by atoms with Crippen molar-refractivity contribution < 1.29 is 8.78 Å². The highest BCUT2D eigenvalue weighted by Gasteiger charge is 2.00. The van der Waals surface area contributed by atoms with Gasteiger partial charge in [0.15, 0.2) is 0 Å². The first-order valence-corrected chi connectivity index (χ1v) is 2.56. The van der Waals surface area contributed by atoms with Crippen LogP contribution in [0.4, 0.5) is 14.5 Å². The number of hydrogen-bond acceptors (Lipinski definition) is 0. The molecular weight excluding hydrogens is 136 g/mol. The standard InChI is InChI=1S/C7H3F2N/c1-10-7-3-2-5(8)4-6(7)9/h2-4H. The molecule has 1 rings (SSSR count). The summed E-state index contributed by atoms with van der Waals surface area (Å²) in [6, 6.07) is 2.85. The van der Waals surface area contributed by atoms with Crippen LogP contribution in [0, 0.1) is 18.2 Å². The molecule has 0 saturated heterocycles. The number of rotatable bonds is 0. The van der Waals surface area contributed by atoms with Crippen LogP contribution in [0.1, 0.15) is 0 Å². The van der Waals surface area contributed by atoms with Crippen molar-refractivity contribution in [1.29, 1.82) is 0 Å². The number of benzene rings is 1. The van der Waals surface area contributed by atoms with Crippen LogP contribution in [0.3, 0.4) is 0 Å². The minimum Gasteiger partial charge on any atom is -0.235 e. The van der Waals surface area contributed by atoms with E-state index in [2.05, 4.69) is 4.85 Å². The van der Waals surface area contributed by atoms with Crippen LogP contribution in [-0.4, -0.2) is 0 Å². The Balaban J connectivity index is 3.23. The van der Waals surface area contributed by atoms with Gasteiger partial charge in [0.1, 0.15) is 11.6 Å². The molecule has 0 atom stereocenters. The smallest absolute Gasteiger partial charge is 0.222 e. The summed E-state index contributed by atoms with van der Waals surface area (Å²) in [7, 11) is 0. The molecule has 10 heavy (non-hydrogen) atoms. The fraction of sp³-hybridized carbons (Fsp3) is 0. The third kappa shape index (κ3) is 1.11. The zero-order chi connectivity index (χ0) is 7.56. The predicted molar refractivity (Wildman–Crippen MR) is 32.6 cm³/mol. The van der Waals surface area contributed by atoms with Crippen molar-refractivity contribution in [2.24, 2.45) is 0 Å². The monoisotopic (exact) mass is 139 g/mol. The Morgan fingerprint density at radius 1 is 1.30 bits per heavy atom. The highest BCUT2D eigenvalue weighted by Crippen LogP contribution is 2.17. The van der Waals surface area contributed by atoms with E-state index in [1.54, 1.807) is 0 Å². The van der Waals surface area contributed by atoms with Crippen LogP contribution < -0.4 is 0 Å². The molecule has 0 unspecified atom stereocenters. The summed E-state index contributed by atoms with van der Waals surface area (Å²) in [5, 5.41) is 0. The van der Waals surface area contributed by atoms with Crippen molar-refractivity contribution in [3.63, 3.8) is 0 Å². The van der Waals surface area contributed by atoms with E-state index in [0.29, 0.717) is 6.07 Å². The van der Waals surface area contributed by atoms with Crippen molar-refractivity contribution in [2.45, 2.75) is 0 Å². The molecule has 0 spiro atoms. The molecule has 1 aromatic carbocycles. The van der Waals surface area contributed by atoms with Gasteiger partial charge in [-0.2, -0.15) is 0 Å². The molecule has 0 aliphatic rings. The van der Waals surface area contributed by atoms with Gasteiger partial charge in [0.25, 0.3) is 0 Å². The van der Waals surface area contributed by atoms with Gasteiger partial charge in [-0.15, -0.1) is 0 Å². The molecule has 0 fully saturated rings. The molecule has 0 heterocycles. The first kappa shape index (κ1) is 6.69. The van der Waals surface area contributed by atoms with E-state index < -0.39 is 11.6 Å². The average Bonchev–Trinajstić information content (AvgIpc) is 1.88. The van der Waals surface area contributed by atoms with E-state index in [0.717, 1.165) is 12.1 Å². The van der Waals surface area contributed by atoms with Gasteiger partial charge in [0, 0.05) is 0 Å². The average molecular weight is 139 g/mol. The van der Waals surface area contributed by atoms with Gasteiger partial charge < -0.3 is 0 Å². The molecule has 0 aromatic heterocycles. The predicted octanol–water partition coefficient (Wildman–Crippen LogP) is 2.52. The minimum absolute atomic E-state index is 0.151. The van der Waals surface area contributed by atoms with Crippen LogP contribution in [0.2, 0.25) is 0 Å². The van der Waals surface area contributed by atoms with Crippen molar-refractivity contribution in [2.75, 3.05) is 0 Å². The fourth-order valence-corrected chi connectivity index (χ4v) is 0.572. The van der Waals surface area contributed by atoms with Crippen molar-refractivity contribution in [1.82, 2.24) is 0 Å². The Morgan fingerprint density at radius 2 is 2.00 bits per heavy atom. The SMILES string of the molecule is [C-]#[N+]c1ccc(F)cc1F. The lowest BCUT2D eigenvalue weighted by molar-refractivity contribution is 0.587. The van der Waals surface area contributed by atoms with Crippen LogP contribution in [-0.2, 0) is 0 Å². The molecule has 0 radical (unpaired) electrons. The van der Waals surface area contributed by atoms with Crippen LogP contribution >= 0.6 is 0 Å². The second-order valence-electron chi connectivity index (χ2n) is 1.71. The van der Waals surface area contributed by atoms with Gasteiger partial charge in [0.05, 0.1) is 6.57 Å². The van der Waals surface area contributed by atoms with E-state index in [4.69, 9.17) is 6.57 Å². The summed E-state index contributed by atoms with van der Waals surface area (Å²) < 4.78 is 24.5. The lowest BCUT2D eigenvalue weighted by Crippen LogP contribution is -1.76. The third-order valence-electron chi connectivity index (χ3n) is 1.03. The summed E-state index contributed by atoms with van der Waals surface area (Å²) in [6.45, 7) is 6.42. The first-order valence-electron chi connectivity index (χ1n) is 2.56. The van der Waals surface area contributed by atoms with E-state index in [1.165, 1.54) is 0 Å². The van der Waals surface area contributed by atoms with E-state index >= 15 is 0 Å². The van der Waals surface area contributed by atoms with E-state index in [1.807, 2.05) is 0 Å². The molecule has 0 saturated carbocycles. The third-order valence-corrected chi connectivity index (χ3v) is 1.03. The Morgan fingerprint density at radius 3 is 2.50 bits per heavy atom. The zero-order valence-corrected chi connectivity index (χ0v) is 4.94. The number of hydrogen-bond donors (Lipinski definition) is 0. The molecule has 50 valence electrons. The van der Waals surface area contributed by atoms with Gasteiger partial charge in [-0.3, -0.25) is 0 Å².